The van der Waals surface area contributed by atoms with E-state index in [1.807, 2.05) is 17.0 Å². The molecule has 0 atom stereocenters. The Morgan fingerprint density at radius 3 is 2.70 bits per heavy atom. The van der Waals surface area contributed by atoms with Crippen molar-refractivity contribution in [2.75, 3.05) is 33.4 Å². The molecule has 7 nitrogen and oxygen atoms in total. The Morgan fingerprint density at radius 2 is 2.00 bits per heavy atom. The van der Waals surface area contributed by atoms with Crippen LogP contribution in [0.2, 0.25) is 0 Å². The first-order chi connectivity index (χ1) is 13.2. The molecule has 1 saturated heterocycles. The van der Waals surface area contributed by atoms with E-state index in [-0.39, 0.29) is 18.4 Å². The minimum absolute atomic E-state index is 0.00192. The van der Waals surface area contributed by atoms with Gasteiger partial charge in [0.1, 0.15) is 17.8 Å². The molecule has 27 heavy (non-hydrogen) atoms. The molecule has 1 aliphatic rings. The molecule has 0 unspecified atom stereocenters. The summed E-state index contributed by atoms with van der Waals surface area (Å²) in [6.07, 6.45) is 4.70. The summed E-state index contributed by atoms with van der Waals surface area (Å²) in [5, 5.41) is 2.91. The van der Waals surface area contributed by atoms with Crippen molar-refractivity contribution in [3.05, 3.63) is 48.4 Å². The molecule has 0 radical (unpaired) electrons. The third kappa shape index (κ3) is 5.26. The van der Waals surface area contributed by atoms with Crippen LogP contribution in [0.1, 0.15) is 23.2 Å². The Kier molecular flexibility index (Phi) is 6.35. The van der Waals surface area contributed by atoms with Crippen molar-refractivity contribution in [2.45, 2.75) is 12.8 Å². The lowest BCUT2D eigenvalue weighted by Crippen LogP contribution is -2.42. The van der Waals surface area contributed by atoms with Crippen molar-refractivity contribution in [3.8, 4) is 11.5 Å². The third-order valence-corrected chi connectivity index (χ3v) is 4.67. The second kappa shape index (κ2) is 9.12. The van der Waals surface area contributed by atoms with Gasteiger partial charge in [0.2, 0.25) is 0 Å². The lowest BCUT2D eigenvalue weighted by Gasteiger charge is -2.31. The van der Waals surface area contributed by atoms with Gasteiger partial charge in [0.05, 0.1) is 18.9 Å². The number of hydrogen-bond acceptors (Lipinski definition) is 5. The van der Waals surface area contributed by atoms with E-state index in [2.05, 4.69) is 5.32 Å². The van der Waals surface area contributed by atoms with Gasteiger partial charge in [0.25, 0.3) is 11.8 Å². The number of carbonyl (C=O) groups excluding carboxylic acids is 2. The minimum atomic E-state index is -0.158. The van der Waals surface area contributed by atoms with E-state index in [1.54, 1.807) is 25.3 Å². The van der Waals surface area contributed by atoms with Gasteiger partial charge in [-0.15, -0.1) is 0 Å². The van der Waals surface area contributed by atoms with Crippen LogP contribution in [-0.4, -0.2) is 50.1 Å². The Morgan fingerprint density at radius 1 is 1.22 bits per heavy atom. The maximum absolute atomic E-state index is 12.3. The lowest BCUT2D eigenvalue weighted by molar-refractivity contribution is -0.123. The fraction of sp³-hybridized carbons (Fsp3) is 0.400. The summed E-state index contributed by atoms with van der Waals surface area (Å²) in [6.45, 7) is 1.93. The van der Waals surface area contributed by atoms with Gasteiger partial charge in [-0.3, -0.25) is 9.59 Å². The molecule has 144 valence electrons. The molecule has 0 spiro atoms. The predicted octanol–water partition coefficient (Wildman–Crippen LogP) is 2.34. The number of benzene rings is 1. The molecule has 0 saturated carbocycles. The highest BCUT2D eigenvalue weighted by molar-refractivity contribution is 5.93. The number of ether oxygens (including phenoxy) is 2. The minimum Gasteiger partial charge on any atom is -0.497 e. The van der Waals surface area contributed by atoms with Crippen LogP contribution in [0, 0.1) is 5.92 Å². The van der Waals surface area contributed by atoms with Gasteiger partial charge in [0.15, 0.2) is 6.61 Å². The van der Waals surface area contributed by atoms with Crippen molar-refractivity contribution >= 4 is 11.8 Å². The average molecular weight is 372 g/mol. The largest absolute Gasteiger partial charge is 0.497 e. The number of nitrogens with zero attached hydrogens (tertiary/aromatic N) is 1. The molecule has 3 rings (SSSR count). The Balaban J connectivity index is 1.36. The third-order valence-electron chi connectivity index (χ3n) is 4.67. The number of carbonyl (C=O) groups is 2. The summed E-state index contributed by atoms with van der Waals surface area (Å²) in [6, 6.07) is 8.82. The van der Waals surface area contributed by atoms with E-state index in [9.17, 15) is 9.59 Å². The highest BCUT2D eigenvalue weighted by Gasteiger charge is 2.24. The van der Waals surface area contributed by atoms with E-state index in [1.165, 1.54) is 12.5 Å². The number of nitrogens with one attached hydrogen (secondary N) is 1. The molecule has 2 amide bonds. The first-order valence-corrected chi connectivity index (χ1v) is 9.00. The van der Waals surface area contributed by atoms with Crippen LogP contribution in [-0.2, 0) is 4.79 Å². The van der Waals surface area contributed by atoms with Crippen molar-refractivity contribution in [1.29, 1.82) is 0 Å². The van der Waals surface area contributed by atoms with Gasteiger partial charge in [0, 0.05) is 25.7 Å². The van der Waals surface area contributed by atoms with Gasteiger partial charge in [-0.2, -0.15) is 0 Å². The topological polar surface area (TPSA) is 81.0 Å². The van der Waals surface area contributed by atoms with Crippen LogP contribution in [0.25, 0.3) is 0 Å². The fourth-order valence-electron chi connectivity index (χ4n) is 3.06. The fourth-order valence-corrected chi connectivity index (χ4v) is 3.06. The van der Waals surface area contributed by atoms with E-state index in [0.29, 0.717) is 42.6 Å². The summed E-state index contributed by atoms with van der Waals surface area (Å²) < 4.78 is 15.6. The van der Waals surface area contributed by atoms with E-state index in [0.717, 1.165) is 12.8 Å². The van der Waals surface area contributed by atoms with Crippen molar-refractivity contribution in [1.82, 2.24) is 10.2 Å². The molecule has 0 bridgehead atoms. The summed E-state index contributed by atoms with van der Waals surface area (Å²) >= 11 is 0. The number of piperidine rings is 1. The molecular formula is C20H24N2O5. The SMILES string of the molecule is COc1cccc(OCC(=O)NCC2CCN(C(=O)c3ccoc3)CC2)c1. The van der Waals surface area contributed by atoms with Crippen LogP contribution >= 0.6 is 0 Å². The predicted molar refractivity (Wildman–Crippen MR) is 98.8 cm³/mol. The van der Waals surface area contributed by atoms with E-state index >= 15 is 0 Å². The second-order valence-electron chi connectivity index (χ2n) is 6.52. The number of hydrogen-bond donors (Lipinski definition) is 1. The maximum atomic E-state index is 12.3. The van der Waals surface area contributed by atoms with E-state index in [4.69, 9.17) is 13.9 Å². The molecule has 1 aromatic heterocycles. The van der Waals surface area contributed by atoms with Crippen LogP contribution in [0.5, 0.6) is 11.5 Å². The maximum Gasteiger partial charge on any atom is 0.257 e. The number of amides is 2. The zero-order chi connectivity index (χ0) is 19.1. The Hall–Kier alpha value is -2.96. The van der Waals surface area contributed by atoms with Gasteiger partial charge in [-0.25, -0.2) is 0 Å². The number of likely N-dealkylation sites (tertiary alicyclic amines) is 1. The summed E-state index contributed by atoms with van der Waals surface area (Å²) in [7, 11) is 1.58. The number of methoxy groups -OCH3 is 1. The van der Waals surface area contributed by atoms with E-state index < -0.39 is 0 Å². The standard InChI is InChI=1S/C20H24N2O5/c1-25-17-3-2-4-18(11-17)27-14-19(23)21-12-15-5-8-22(9-6-15)20(24)16-7-10-26-13-16/h2-4,7,10-11,13,15H,5-6,8-9,12,14H2,1H3,(H,21,23). The second-order valence-corrected chi connectivity index (χ2v) is 6.52. The molecule has 1 aliphatic heterocycles. The number of furan rings is 1. The number of rotatable bonds is 7. The zero-order valence-electron chi connectivity index (χ0n) is 15.3. The normalized spacial score (nSPS) is 14.6. The molecule has 7 heteroatoms. The van der Waals surface area contributed by atoms with Crippen molar-refractivity contribution in [3.63, 3.8) is 0 Å². The molecule has 1 aromatic carbocycles. The van der Waals surface area contributed by atoms with Crippen molar-refractivity contribution < 1.29 is 23.5 Å². The molecule has 0 aliphatic carbocycles. The van der Waals surface area contributed by atoms with Gasteiger partial charge in [-0.05, 0) is 37.0 Å². The summed E-state index contributed by atoms with van der Waals surface area (Å²) in [4.78, 5) is 26.1. The Labute approximate surface area is 158 Å². The van der Waals surface area contributed by atoms with Gasteiger partial charge >= 0.3 is 0 Å². The zero-order valence-corrected chi connectivity index (χ0v) is 15.3. The first-order valence-electron chi connectivity index (χ1n) is 9.00. The summed E-state index contributed by atoms with van der Waals surface area (Å²) in [5.41, 5.74) is 0.580. The monoisotopic (exact) mass is 372 g/mol. The van der Waals surface area contributed by atoms with Crippen LogP contribution in [0.15, 0.2) is 47.3 Å². The van der Waals surface area contributed by atoms with Crippen LogP contribution in [0.3, 0.4) is 0 Å². The van der Waals surface area contributed by atoms with Crippen LogP contribution < -0.4 is 14.8 Å². The Bertz CT molecular complexity index is 751. The van der Waals surface area contributed by atoms with Crippen molar-refractivity contribution in [2.24, 2.45) is 5.92 Å². The van der Waals surface area contributed by atoms with Gasteiger partial charge < -0.3 is 24.1 Å². The molecule has 2 aromatic rings. The molecule has 2 heterocycles. The average Bonchev–Trinajstić information content (AvgIpc) is 3.25. The van der Waals surface area contributed by atoms with Crippen LogP contribution in [0.4, 0.5) is 0 Å². The highest BCUT2D eigenvalue weighted by Crippen LogP contribution is 2.20. The first kappa shape index (κ1) is 18.8. The lowest BCUT2D eigenvalue weighted by atomic mass is 9.96. The smallest absolute Gasteiger partial charge is 0.257 e. The molecule has 1 N–H and O–H groups in total. The highest BCUT2D eigenvalue weighted by atomic mass is 16.5. The molecule has 1 fully saturated rings. The quantitative estimate of drug-likeness (QED) is 0.807. The summed E-state index contributed by atoms with van der Waals surface area (Å²) in [5.74, 6) is 1.48. The van der Waals surface area contributed by atoms with Gasteiger partial charge in [-0.1, -0.05) is 6.07 Å². The molecular weight excluding hydrogens is 348 g/mol.